The minimum atomic E-state index is -3.91. The minimum absolute atomic E-state index is 0.0478. The number of nitrogens with zero attached hydrogens (tertiary/aromatic N) is 3. The van der Waals surface area contributed by atoms with Crippen LogP contribution in [0.15, 0.2) is 70.7 Å². The smallest absolute Gasteiger partial charge is 0.261 e. The number of sulfonamides is 1. The first kappa shape index (κ1) is 18.8. The molecule has 0 radical (unpaired) electrons. The lowest BCUT2D eigenvalue weighted by atomic mass is 10.2. The van der Waals surface area contributed by atoms with E-state index in [2.05, 4.69) is 25.2 Å². The van der Waals surface area contributed by atoms with Crippen LogP contribution in [0.25, 0.3) is 0 Å². The van der Waals surface area contributed by atoms with Crippen molar-refractivity contribution in [2.24, 2.45) is 5.10 Å². The lowest BCUT2D eigenvalue weighted by molar-refractivity contribution is 0.601. The number of nitrogens with one attached hydrogen (secondary N) is 2. The van der Waals surface area contributed by atoms with Gasteiger partial charge < -0.3 is 0 Å². The van der Waals surface area contributed by atoms with Crippen LogP contribution < -0.4 is 10.1 Å². The monoisotopic (exact) mass is 401 g/mol. The van der Waals surface area contributed by atoms with E-state index in [4.69, 9.17) is 11.6 Å². The number of benzene rings is 2. The zero-order chi connectivity index (χ0) is 19.3. The van der Waals surface area contributed by atoms with E-state index in [1.165, 1.54) is 12.1 Å². The summed E-state index contributed by atoms with van der Waals surface area (Å²) in [4.78, 5) is 8.19. The van der Waals surface area contributed by atoms with Crippen LogP contribution >= 0.6 is 11.6 Å². The van der Waals surface area contributed by atoms with Gasteiger partial charge in [-0.05, 0) is 24.6 Å². The van der Waals surface area contributed by atoms with Crippen LogP contribution in [0.2, 0.25) is 5.02 Å². The van der Waals surface area contributed by atoms with E-state index >= 15 is 0 Å². The summed E-state index contributed by atoms with van der Waals surface area (Å²) in [5.74, 6) is 0.277. The fourth-order valence-corrected chi connectivity index (χ4v) is 3.69. The summed E-state index contributed by atoms with van der Waals surface area (Å²) in [7, 11) is -3.91. The summed E-state index contributed by atoms with van der Waals surface area (Å²) in [5, 5.41) is 4.21. The number of rotatable bonds is 6. The van der Waals surface area contributed by atoms with Crippen molar-refractivity contribution in [1.82, 2.24) is 9.97 Å². The first-order chi connectivity index (χ1) is 12.9. The Hall–Kier alpha value is -2.97. The van der Waals surface area contributed by atoms with Crippen LogP contribution in [0.4, 0.5) is 11.8 Å². The Labute approximate surface area is 162 Å². The summed E-state index contributed by atoms with van der Waals surface area (Å²) in [5.41, 5.74) is 4.25. The molecule has 3 aromatic rings. The fraction of sp³-hybridized carbons (Fsp3) is 0.0556. The zero-order valence-electron chi connectivity index (χ0n) is 14.3. The second-order valence-corrected chi connectivity index (χ2v) is 7.59. The number of aromatic nitrogens is 2. The van der Waals surface area contributed by atoms with E-state index in [-0.39, 0.29) is 15.9 Å². The maximum Gasteiger partial charge on any atom is 0.265 e. The van der Waals surface area contributed by atoms with Crippen molar-refractivity contribution < 1.29 is 8.42 Å². The minimum Gasteiger partial charge on any atom is -0.261 e. The van der Waals surface area contributed by atoms with Crippen molar-refractivity contribution in [1.29, 1.82) is 0 Å². The van der Waals surface area contributed by atoms with Crippen molar-refractivity contribution in [3.8, 4) is 0 Å². The van der Waals surface area contributed by atoms with E-state index in [1.54, 1.807) is 31.3 Å². The topological polar surface area (TPSA) is 96.3 Å². The molecule has 0 atom stereocenters. The number of hydrazone groups is 1. The normalized spacial score (nSPS) is 11.5. The third-order valence-electron chi connectivity index (χ3n) is 3.40. The molecule has 0 unspecified atom stereocenters. The van der Waals surface area contributed by atoms with Crippen LogP contribution in [0.5, 0.6) is 0 Å². The lowest BCUT2D eigenvalue weighted by Gasteiger charge is -2.09. The Morgan fingerprint density at radius 2 is 1.74 bits per heavy atom. The van der Waals surface area contributed by atoms with Gasteiger partial charge in [0.2, 0.25) is 5.95 Å². The Morgan fingerprint density at radius 3 is 2.48 bits per heavy atom. The molecular formula is C18H16ClN5O2S. The van der Waals surface area contributed by atoms with E-state index in [0.29, 0.717) is 11.5 Å². The molecule has 0 spiro atoms. The van der Waals surface area contributed by atoms with Gasteiger partial charge in [-0.1, -0.05) is 54.1 Å². The molecule has 7 nitrogen and oxygen atoms in total. The molecule has 1 heterocycles. The number of hydrogen-bond acceptors (Lipinski definition) is 6. The average Bonchev–Trinajstić information content (AvgIpc) is 2.62. The summed E-state index contributed by atoms with van der Waals surface area (Å²) < 4.78 is 27.4. The summed E-state index contributed by atoms with van der Waals surface area (Å²) in [6.45, 7) is 1.72. The van der Waals surface area contributed by atoms with Gasteiger partial charge in [-0.3, -0.25) is 5.43 Å². The number of anilines is 2. The molecule has 138 valence electrons. The van der Waals surface area contributed by atoms with Gasteiger partial charge in [0, 0.05) is 11.8 Å². The van der Waals surface area contributed by atoms with Gasteiger partial charge in [0.15, 0.2) is 5.82 Å². The molecule has 0 bridgehead atoms. The van der Waals surface area contributed by atoms with Gasteiger partial charge in [0.1, 0.15) is 4.90 Å². The second-order valence-electron chi connectivity index (χ2n) is 5.53. The van der Waals surface area contributed by atoms with Crippen molar-refractivity contribution in [3.05, 3.63) is 76.9 Å². The molecule has 0 aliphatic carbocycles. The average molecular weight is 402 g/mol. The summed E-state index contributed by atoms with van der Waals surface area (Å²) in [6, 6.07) is 17.3. The molecule has 0 saturated carbocycles. The van der Waals surface area contributed by atoms with E-state index in [0.717, 1.165) is 5.56 Å². The third-order valence-corrected chi connectivity index (χ3v) is 5.23. The molecule has 0 aliphatic rings. The van der Waals surface area contributed by atoms with Gasteiger partial charge in [-0.15, -0.1) is 0 Å². The van der Waals surface area contributed by atoms with Crippen molar-refractivity contribution >= 4 is 39.6 Å². The highest BCUT2D eigenvalue weighted by atomic mass is 35.5. The Bertz CT molecular complexity index is 1070. The SMILES string of the molecule is Cc1cc(NN=Cc2ccccc2)nc(NS(=O)(=O)c2ccccc2Cl)n1. The molecule has 0 amide bonds. The Balaban J connectivity index is 1.79. The van der Waals surface area contributed by atoms with Gasteiger partial charge >= 0.3 is 0 Å². The maximum absolute atomic E-state index is 12.5. The first-order valence-corrected chi connectivity index (χ1v) is 9.77. The molecular weight excluding hydrogens is 386 g/mol. The number of hydrogen-bond donors (Lipinski definition) is 2. The number of aryl methyl sites for hydroxylation is 1. The predicted octanol–water partition coefficient (Wildman–Crippen LogP) is 3.69. The fourth-order valence-electron chi connectivity index (χ4n) is 2.22. The molecule has 2 N–H and O–H groups in total. The van der Waals surface area contributed by atoms with Crippen molar-refractivity contribution in [3.63, 3.8) is 0 Å². The van der Waals surface area contributed by atoms with E-state index in [1.807, 2.05) is 30.3 Å². The van der Waals surface area contributed by atoms with Crippen molar-refractivity contribution in [2.45, 2.75) is 11.8 Å². The maximum atomic E-state index is 12.5. The highest BCUT2D eigenvalue weighted by Crippen LogP contribution is 2.22. The van der Waals surface area contributed by atoms with Crippen LogP contribution in [0, 0.1) is 6.92 Å². The summed E-state index contributed by atoms with van der Waals surface area (Å²) >= 11 is 5.97. The molecule has 0 aliphatic heterocycles. The standard InChI is InChI=1S/C18H16ClN5O2S/c1-13-11-17(23-20-12-14-7-3-2-4-8-14)22-18(21-13)24-27(25,26)16-10-6-5-9-15(16)19/h2-12H,1H3,(H2,21,22,23,24). The highest BCUT2D eigenvalue weighted by Gasteiger charge is 2.19. The molecule has 27 heavy (non-hydrogen) atoms. The molecule has 9 heteroatoms. The largest absolute Gasteiger partial charge is 0.265 e. The first-order valence-electron chi connectivity index (χ1n) is 7.91. The second kappa shape index (κ2) is 8.15. The third kappa shape index (κ3) is 5.02. The molecule has 2 aromatic carbocycles. The Kier molecular flexibility index (Phi) is 5.68. The van der Waals surface area contributed by atoms with E-state index in [9.17, 15) is 8.42 Å². The summed E-state index contributed by atoms with van der Waals surface area (Å²) in [6.07, 6.45) is 1.63. The van der Waals surface area contributed by atoms with Crippen LogP contribution in [0.1, 0.15) is 11.3 Å². The van der Waals surface area contributed by atoms with Crippen LogP contribution in [-0.4, -0.2) is 24.6 Å². The quantitative estimate of drug-likeness (QED) is 0.485. The van der Waals surface area contributed by atoms with Gasteiger partial charge in [-0.2, -0.15) is 10.1 Å². The molecule has 3 rings (SSSR count). The lowest BCUT2D eigenvalue weighted by Crippen LogP contribution is -2.16. The Morgan fingerprint density at radius 1 is 1.04 bits per heavy atom. The molecule has 1 aromatic heterocycles. The predicted molar refractivity (Wildman–Crippen MR) is 107 cm³/mol. The van der Waals surface area contributed by atoms with E-state index < -0.39 is 10.0 Å². The molecule has 0 saturated heterocycles. The van der Waals surface area contributed by atoms with Crippen LogP contribution in [-0.2, 0) is 10.0 Å². The van der Waals surface area contributed by atoms with Crippen molar-refractivity contribution in [2.75, 3.05) is 10.1 Å². The van der Waals surface area contributed by atoms with Gasteiger partial charge in [0.05, 0.1) is 11.2 Å². The zero-order valence-corrected chi connectivity index (χ0v) is 15.9. The van der Waals surface area contributed by atoms with Crippen LogP contribution in [0.3, 0.4) is 0 Å². The molecule has 0 fully saturated rings. The van der Waals surface area contributed by atoms with Gasteiger partial charge in [0.25, 0.3) is 10.0 Å². The highest BCUT2D eigenvalue weighted by molar-refractivity contribution is 7.92. The van der Waals surface area contributed by atoms with Gasteiger partial charge in [-0.25, -0.2) is 18.1 Å². The number of halogens is 1.